The third kappa shape index (κ3) is 8.94. The Kier molecular flexibility index (Phi) is 11.5. The Balaban J connectivity index is 1.92. The van der Waals surface area contributed by atoms with Crippen molar-refractivity contribution in [1.82, 2.24) is 9.80 Å². The van der Waals surface area contributed by atoms with Crippen LogP contribution in [-0.2, 0) is 28.9 Å². The van der Waals surface area contributed by atoms with Gasteiger partial charge in [-0.2, -0.15) is 0 Å². The maximum Gasteiger partial charge on any atom is 0.227 e. The minimum atomic E-state index is -0.138. The van der Waals surface area contributed by atoms with Crippen LogP contribution in [0.1, 0.15) is 22.3 Å². The average Bonchev–Trinajstić information content (AvgIpc) is 2.81. The molecule has 2 aromatic rings. The van der Waals surface area contributed by atoms with Gasteiger partial charge in [0, 0.05) is 26.2 Å². The van der Waals surface area contributed by atoms with Crippen LogP contribution in [-0.4, -0.2) is 94.6 Å². The van der Waals surface area contributed by atoms with Crippen LogP contribution in [0.5, 0.6) is 0 Å². The summed E-state index contributed by atoms with van der Waals surface area (Å²) in [6.45, 7) is 0.282. The highest BCUT2D eigenvalue weighted by atomic mass is 16.3. The number of carbonyl (C=O) groups excluding carboxylic acids is 2. The Morgan fingerprint density at radius 1 is 0.515 bits per heavy atom. The Morgan fingerprint density at radius 2 is 0.788 bits per heavy atom. The molecule has 0 bridgehead atoms. The highest BCUT2D eigenvalue weighted by Crippen LogP contribution is 2.14. The van der Waals surface area contributed by atoms with Gasteiger partial charge in [-0.1, -0.05) is 48.5 Å². The fourth-order valence-corrected chi connectivity index (χ4v) is 3.56. The lowest BCUT2D eigenvalue weighted by Crippen LogP contribution is -2.36. The van der Waals surface area contributed by atoms with Gasteiger partial charge >= 0.3 is 0 Å². The molecule has 0 aliphatic carbocycles. The summed E-state index contributed by atoms with van der Waals surface area (Å²) in [6, 6.07) is 15.5. The van der Waals surface area contributed by atoms with Crippen molar-refractivity contribution in [2.45, 2.75) is 19.3 Å². The van der Waals surface area contributed by atoms with E-state index in [0.29, 0.717) is 6.42 Å². The van der Waals surface area contributed by atoms with E-state index in [1.54, 1.807) is 0 Å². The fraction of sp³-hybridized carbons (Fsp3) is 0.440. The lowest BCUT2D eigenvalue weighted by molar-refractivity contribution is -0.132. The van der Waals surface area contributed by atoms with Crippen LogP contribution in [0.4, 0.5) is 0 Å². The molecule has 0 aliphatic rings. The average molecular weight is 459 g/mol. The third-order valence-electron chi connectivity index (χ3n) is 5.35. The quantitative estimate of drug-likeness (QED) is 0.316. The molecule has 0 spiro atoms. The number of carbonyl (C=O) groups is 2. The van der Waals surface area contributed by atoms with E-state index in [4.69, 9.17) is 20.4 Å². The maximum atomic E-state index is 12.3. The first-order valence-corrected chi connectivity index (χ1v) is 11.1. The minimum Gasteiger partial charge on any atom is -0.395 e. The first-order chi connectivity index (χ1) is 16.0. The SMILES string of the molecule is O=C(Cc1ccc(Cc2ccc(CC(=O)N(CCO)CCO)cc2)cc1)N(CCO)CCO. The van der Waals surface area contributed by atoms with Crippen LogP contribution < -0.4 is 0 Å². The lowest BCUT2D eigenvalue weighted by Gasteiger charge is -2.20. The van der Waals surface area contributed by atoms with Gasteiger partial charge in [0.25, 0.3) is 0 Å². The number of rotatable bonds is 14. The second-order valence-corrected chi connectivity index (χ2v) is 7.82. The van der Waals surface area contributed by atoms with Crippen molar-refractivity contribution in [3.05, 3.63) is 70.8 Å². The van der Waals surface area contributed by atoms with Crippen LogP contribution in [0.25, 0.3) is 0 Å². The van der Waals surface area contributed by atoms with Crippen molar-refractivity contribution >= 4 is 11.8 Å². The van der Waals surface area contributed by atoms with Crippen LogP contribution in [0.3, 0.4) is 0 Å². The summed E-state index contributed by atoms with van der Waals surface area (Å²) in [5.41, 5.74) is 3.92. The van der Waals surface area contributed by atoms with Gasteiger partial charge in [-0.25, -0.2) is 0 Å². The summed E-state index contributed by atoms with van der Waals surface area (Å²) >= 11 is 0. The lowest BCUT2D eigenvalue weighted by atomic mass is 10.0. The predicted octanol–water partition coefficient (Wildman–Crippen LogP) is -0.0112. The van der Waals surface area contributed by atoms with Gasteiger partial charge < -0.3 is 30.2 Å². The zero-order chi connectivity index (χ0) is 24.1. The number of benzene rings is 2. The first-order valence-electron chi connectivity index (χ1n) is 11.1. The molecule has 0 aromatic heterocycles. The number of aliphatic hydroxyl groups is 4. The highest BCUT2D eigenvalue weighted by molar-refractivity contribution is 5.79. The molecule has 0 radical (unpaired) electrons. The number of aliphatic hydroxyl groups excluding tert-OH is 4. The molecule has 33 heavy (non-hydrogen) atoms. The molecular formula is C25H34N2O6. The largest absolute Gasteiger partial charge is 0.395 e. The van der Waals surface area contributed by atoms with Gasteiger partial charge in [0.15, 0.2) is 0 Å². The molecule has 0 saturated carbocycles. The summed E-state index contributed by atoms with van der Waals surface area (Å²) in [4.78, 5) is 27.6. The van der Waals surface area contributed by atoms with E-state index >= 15 is 0 Å². The number of hydrogen-bond donors (Lipinski definition) is 4. The zero-order valence-electron chi connectivity index (χ0n) is 18.9. The second-order valence-electron chi connectivity index (χ2n) is 7.82. The molecule has 0 heterocycles. The zero-order valence-corrected chi connectivity index (χ0v) is 18.9. The molecule has 2 rings (SSSR count). The predicted molar refractivity (Wildman–Crippen MR) is 125 cm³/mol. The molecule has 0 aliphatic heterocycles. The second kappa shape index (κ2) is 14.4. The molecule has 2 amide bonds. The van der Waals surface area contributed by atoms with Crippen LogP contribution >= 0.6 is 0 Å². The summed E-state index contributed by atoms with van der Waals surface area (Å²) in [5.74, 6) is -0.264. The molecule has 4 N–H and O–H groups in total. The van der Waals surface area contributed by atoms with Crippen molar-refractivity contribution in [3.8, 4) is 0 Å². The van der Waals surface area contributed by atoms with Gasteiger partial charge in [-0.05, 0) is 28.7 Å². The smallest absolute Gasteiger partial charge is 0.227 e. The standard InChI is InChI=1S/C25H34N2O6/c28-13-9-26(10-14-29)24(32)18-22-5-1-20(2-6-22)17-21-3-7-23(8-4-21)19-25(33)27(11-15-30)12-16-31/h1-8,28-31H,9-19H2. The van der Waals surface area contributed by atoms with E-state index < -0.39 is 0 Å². The molecule has 0 fully saturated rings. The van der Waals surface area contributed by atoms with E-state index in [0.717, 1.165) is 22.3 Å². The molecule has 180 valence electrons. The minimum absolute atomic E-state index is 0.132. The van der Waals surface area contributed by atoms with Crippen molar-refractivity contribution in [3.63, 3.8) is 0 Å². The van der Waals surface area contributed by atoms with Gasteiger partial charge in [0.2, 0.25) is 11.8 Å². The van der Waals surface area contributed by atoms with Crippen molar-refractivity contribution < 1.29 is 30.0 Å². The van der Waals surface area contributed by atoms with E-state index in [9.17, 15) is 9.59 Å². The Labute approximate surface area is 194 Å². The summed E-state index contributed by atoms with van der Waals surface area (Å²) in [6.07, 6.45) is 1.14. The summed E-state index contributed by atoms with van der Waals surface area (Å²) < 4.78 is 0. The van der Waals surface area contributed by atoms with Gasteiger partial charge in [0.05, 0.1) is 39.3 Å². The molecule has 0 saturated heterocycles. The van der Waals surface area contributed by atoms with E-state index in [-0.39, 0.29) is 77.3 Å². The van der Waals surface area contributed by atoms with Gasteiger partial charge in [-0.15, -0.1) is 0 Å². The fourth-order valence-electron chi connectivity index (χ4n) is 3.56. The number of hydrogen-bond acceptors (Lipinski definition) is 6. The normalized spacial score (nSPS) is 10.8. The van der Waals surface area contributed by atoms with E-state index in [1.165, 1.54) is 9.80 Å². The number of amides is 2. The molecule has 8 heteroatoms. The Hall–Kier alpha value is -2.78. The van der Waals surface area contributed by atoms with Crippen LogP contribution in [0.15, 0.2) is 48.5 Å². The third-order valence-corrected chi connectivity index (χ3v) is 5.35. The molecule has 0 atom stereocenters. The first kappa shape index (κ1) is 26.5. The summed E-state index contributed by atoms with van der Waals surface area (Å²) in [7, 11) is 0. The Bertz CT molecular complexity index is 771. The van der Waals surface area contributed by atoms with Crippen molar-refractivity contribution in [2.24, 2.45) is 0 Å². The van der Waals surface area contributed by atoms with Crippen molar-refractivity contribution in [2.75, 3.05) is 52.6 Å². The van der Waals surface area contributed by atoms with E-state index in [1.807, 2.05) is 48.5 Å². The van der Waals surface area contributed by atoms with Crippen LogP contribution in [0.2, 0.25) is 0 Å². The number of nitrogens with zero attached hydrogens (tertiary/aromatic N) is 2. The van der Waals surface area contributed by atoms with Gasteiger partial charge in [0.1, 0.15) is 0 Å². The van der Waals surface area contributed by atoms with Crippen molar-refractivity contribution in [1.29, 1.82) is 0 Å². The molecule has 8 nitrogen and oxygen atoms in total. The van der Waals surface area contributed by atoms with Crippen LogP contribution in [0, 0.1) is 0 Å². The maximum absolute atomic E-state index is 12.3. The molecule has 0 unspecified atom stereocenters. The van der Waals surface area contributed by atoms with Gasteiger partial charge in [-0.3, -0.25) is 9.59 Å². The topological polar surface area (TPSA) is 122 Å². The Morgan fingerprint density at radius 3 is 1.06 bits per heavy atom. The van der Waals surface area contributed by atoms with E-state index in [2.05, 4.69) is 0 Å². The highest BCUT2D eigenvalue weighted by Gasteiger charge is 2.14. The summed E-state index contributed by atoms with van der Waals surface area (Å²) in [5, 5.41) is 36.3. The molecular weight excluding hydrogens is 424 g/mol. The molecule has 2 aromatic carbocycles. The monoisotopic (exact) mass is 458 g/mol.